The summed E-state index contributed by atoms with van der Waals surface area (Å²) in [7, 11) is 0. The number of halogens is 1. The van der Waals surface area contributed by atoms with Gasteiger partial charge in [-0.05, 0) is 74.6 Å². The highest BCUT2D eigenvalue weighted by Crippen LogP contribution is 2.40. The average Bonchev–Trinajstić information content (AvgIpc) is 3.27. The summed E-state index contributed by atoms with van der Waals surface area (Å²) in [6.07, 6.45) is 3.80. The van der Waals surface area contributed by atoms with Gasteiger partial charge in [0.2, 0.25) is 0 Å². The first-order valence-corrected chi connectivity index (χ1v) is 9.40. The fourth-order valence-corrected chi connectivity index (χ4v) is 4.16. The molecule has 6 heteroatoms. The van der Waals surface area contributed by atoms with Crippen molar-refractivity contribution in [2.45, 2.75) is 32.0 Å². The van der Waals surface area contributed by atoms with Crippen molar-refractivity contribution in [3.8, 4) is 5.69 Å². The van der Waals surface area contributed by atoms with Gasteiger partial charge in [-0.1, -0.05) is 6.07 Å². The minimum absolute atomic E-state index is 0.0209. The Morgan fingerprint density at radius 3 is 2.52 bits per heavy atom. The minimum Gasteiger partial charge on any atom is -0.352 e. The third-order valence-corrected chi connectivity index (χ3v) is 5.21. The molecule has 4 nitrogen and oxygen atoms in total. The molecule has 2 aromatic heterocycles. The topological polar surface area (TPSA) is 33.1 Å². The summed E-state index contributed by atoms with van der Waals surface area (Å²) in [6, 6.07) is 16.7. The van der Waals surface area contributed by atoms with Crippen LogP contribution < -0.4 is 5.32 Å². The van der Waals surface area contributed by atoms with Crippen LogP contribution in [0.2, 0.25) is 0 Å². The fourth-order valence-electron chi connectivity index (χ4n) is 3.71. The predicted octanol–water partition coefficient (Wildman–Crippen LogP) is 4.39. The van der Waals surface area contributed by atoms with Crippen LogP contribution in [0.4, 0.5) is 4.39 Å². The Morgan fingerprint density at radius 1 is 1.07 bits per heavy atom. The van der Waals surface area contributed by atoms with Crippen LogP contribution in [0.3, 0.4) is 0 Å². The first-order chi connectivity index (χ1) is 13.1. The second-order valence-corrected chi connectivity index (χ2v) is 7.29. The zero-order valence-corrected chi connectivity index (χ0v) is 16.0. The molecule has 1 aliphatic heterocycles. The highest BCUT2D eigenvalue weighted by atomic mass is 32.1. The Labute approximate surface area is 163 Å². The van der Waals surface area contributed by atoms with E-state index < -0.39 is 0 Å². The molecule has 1 saturated heterocycles. The van der Waals surface area contributed by atoms with Gasteiger partial charge in [-0.25, -0.2) is 4.39 Å². The average molecular weight is 380 g/mol. The summed E-state index contributed by atoms with van der Waals surface area (Å²) in [6.45, 7) is 4.26. The van der Waals surface area contributed by atoms with Crippen molar-refractivity contribution in [1.29, 1.82) is 0 Å². The molecule has 138 valence electrons. The van der Waals surface area contributed by atoms with Gasteiger partial charge < -0.3 is 14.8 Å². The molecule has 1 aromatic carbocycles. The SMILES string of the molecule is CC(C)N1C(=S)N[C@@H](c2ccccn2)[C@H]1c1cccn1-c1ccc(F)cc1. The standard InChI is InChI=1S/C21H21FN4S/c1-14(2)26-20(19(24-21(26)27)17-6-3-4-12-23-17)18-7-5-13-25(18)16-10-8-15(22)9-11-16/h3-14,19-20H,1-2H3,(H,24,27)/t19-,20+/m0/s1. The fraction of sp³-hybridized carbons (Fsp3) is 0.238. The number of hydrogen-bond donors (Lipinski definition) is 1. The van der Waals surface area contributed by atoms with Crippen molar-refractivity contribution < 1.29 is 4.39 Å². The molecular formula is C21H21FN4S. The van der Waals surface area contributed by atoms with Crippen LogP contribution in [0.5, 0.6) is 0 Å². The Kier molecular flexibility index (Phi) is 4.66. The van der Waals surface area contributed by atoms with Gasteiger partial charge in [0.1, 0.15) is 5.82 Å². The van der Waals surface area contributed by atoms with Crippen molar-refractivity contribution >= 4 is 17.3 Å². The molecule has 0 spiro atoms. The lowest BCUT2D eigenvalue weighted by Crippen LogP contribution is -2.36. The molecule has 0 unspecified atom stereocenters. The van der Waals surface area contributed by atoms with E-state index >= 15 is 0 Å². The lowest BCUT2D eigenvalue weighted by Gasteiger charge is -2.31. The largest absolute Gasteiger partial charge is 0.352 e. The number of benzene rings is 1. The van der Waals surface area contributed by atoms with E-state index in [0.29, 0.717) is 0 Å². The quantitative estimate of drug-likeness (QED) is 0.681. The second kappa shape index (κ2) is 7.12. The van der Waals surface area contributed by atoms with Crippen molar-refractivity contribution in [2.75, 3.05) is 0 Å². The van der Waals surface area contributed by atoms with Crippen LogP contribution in [0, 0.1) is 5.82 Å². The molecule has 1 fully saturated rings. The number of aromatic nitrogens is 2. The van der Waals surface area contributed by atoms with E-state index in [1.54, 1.807) is 18.3 Å². The van der Waals surface area contributed by atoms with Gasteiger partial charge in [0, 0.05) is 29.8 Å². The minimum atomic E-state index is -0.244. The third kappa shape index (κ3) is 3.21. The van der Waals surface area contributed by atoms with Crippen LogP contribution in [-0.2, 0) is 0 Å². The summed E-state index contributed by atoms with van der Waals surface area (Å²) < 4.78 is 15.5. The van der Waals surface area contributed by atoms with Crippen LogP contribution in [0.1, 0.15) is 37.3 Å². The van der Waals surface area contributed by atoms with Gasteiger partial charge in [0.25, 0.3) is 0 Å². The van der Waals surface area contributed by atoms with Gasteiger partial charge in [0.15, 0.2) is 5.11 Å². The van der Waals surface area contributed by atoms with Crippen molar-refractivity contribution in [3.05, 3.63) is 84.2 Å². The number of nitrogens with one attached hydrogen (secondary N) is 1. The number of rotatable bonds is 4. The molecule has 0 saturated carbocycles. The number of nitrogens with zero attached hydrogens (tertiary/aromatic N) is 3. The maximum absolute atomic E-state index is 13.4. The Bertz CT molecular complexity index is 936. The van der Waals surface area contributed by atoms with Crippen LogP contribution in [-0.4, -0.2) is 25.6 Å². The van der Waals surface area contributed by atoms with E-state index in [1.807, 2.05) is 30.5 Å². The van der Waals surface area contributed by atoms with E-state index in [2.05, 4.69) is 39.7 Å². The van der Waals surface area contributed by atoms with E-state index in [-0.39, 0.29) is 23.9 Å². The van der Waals surface area contributed by atoms with E-state index in [9.17, 15) is 4.39 Å². The van der Waals surface area contributed by atoms with Crippen LogP contribution in [0.25, 0.3) is 5.69 Å². The zero-order valence-electron chi connectivity index (χ0n) is 15.2. The molecule has 0 radical (unpaired) electrons. The van der Waals surface area contributed by atoms with E-state index in [1.165, 1.54) is 12.1 Å². The van der Waals surface area contributed by atoms with Crippen LogP contribution in [0.15, 0.2) is 67.0 Å². The summed E-state index contributed by atoms with van der Waals surface area (Å²) in [4.78, 5) is 6.77. The molecule has 3 aromatic rings. The third-order valence-electron chi connectivity index (χ3n) is 4.88. The van der Waals surface area contributed by atoms with Gasteiger partial charge in [-0.3, -0.25) is 4.98 Å². The molecule has 27 heavy (non-hydrogen) atoms. The van der Waals surface area contributed by atoms with Crippen molar-refractivity contribution in [2.24, 2.45) is 0 Å². The summed E-state index contributed by atoms with van der Waals surface area (Å²) in [5.41, 5.74) is 2.94. The molecule has 0 aliphatic carbocycles. The molecule has 0 amide bonds. The lowest BCUT2D eigenvalue weighted by atomic mass is 10.0. The van der Waals surface area contributed by atoms with Gasteiger partial charge in [-0.15, -0.1) is 0 Å². The highest BCUT2D eigenvalue weighted by molar-refractivity contribution is 7.80. The Balaban J connectivity index is 1.82. The van der Waals surface area contributed by atoms with Crippen molar-refractivity contribution in [1.82, 2.24) is 19.8 Å². The molecule has 1 N–H and O–H groups in total. The number of thiocarbonyl (C=S) groups is 1. The molecule has 0 bridgehead atoms. The van der Waals surface area contributed by atoms with E-state index in [4.69, 9.17) is 12.2 Å². The van der Waals surface area contributed by atoms with Crippen LogP contribution >= 0.6 is 12.2 Å². The summed E-state index contributed by atoms with van der Waals surface area (Å²) in [5.74, 6) is -0.244. The number of hydrogen-bond acceptors (Lipinski definition) is 2. The first-order valence-electron chi connectivity index (χ1n) is 8.99. The maximum atomic E-state index is 13.4. The first kappa shape index (κ1) is 17.7. The summed E-state index contributed by atoms with van der Waals surface area (Å²) >= 11 is 5.65. The van der Waals surface area contributed by atoms with Crippen molar-refractivity contribution in [3.63, 3.8) is 0 Å². The Hall–Kier alpha value is -2.73. The monoisotopic (exact) mass is 380 g/mol. The summed E-state index contributed by atoms with van der Waals surface area (Å²) in [5, 5.41) is 4.17. The molecule has 4 rings (SSSR count). The molecule has 2 atom stereocenters. The highest BCUT2D eigenvalue weighted by Gasteiger charge is 2.42. The number of pyridine rings is 1. The van der Waals surface area contributed by atoms with Gasteiger partial charge >= 0.3 is 0 Å². The second-order valence-electron chi connectivity index (χ2n) is 6.91. The molecule has 3 heterocycles. The van der Waals surface area contributed by atoms with Gasteiger partial charge in [-0.2, -0.15) is 0 Å². The van der Waals surface area contributed by atoms with E-state index in [0.717, 1.165) is 22.2 Å². The maximum Gasteiger partial charge on any atom is 0.170 e. The Morgan fingerprint density at radius 2 is 1.85 bits per heavy atom. The predicted molar refractivity (Wildman–Crippen MR) is 108 cm³/mol. The molecule has 1 aliphatic rings. The normalized spacial score (nSPS) is 19.6. The van der Waals surface area contributed by atoms with Gasteiger partial charge in [0.05, 0.1) is 17.8 Å². The zero-order chi connectivity index (χ0) is 19.0. The lowest BCUT2D eigenvalue weighted by molar-refractivity contribution is 0.262. The molecular weight excluding hydrogens is 359 g/mol. The smallest absolute Gasteiger partial charge is 0.170 e.